The number of carbonyl (C=O) groups is 2. The van der Waals surface area contributed by atoms with Gasteiger partial charge in [-0.1, -0.05) is 12.1 Å². The van der Waals surface area contributed by atoms with E-state index in [0.29, 0.717) is 23.7 Å². The molecule has 0 fully saturated rings. The third-order valence-corrected chi connectivity index (χ3v) is 3.61. The maximum absolute atomic E-state index is 11.5. The highest BCUT2D eigenvalue weighted by atomic mass is 32.2. The normalized spacial score (nSPS) is 10.1. The second-order valence-corrected chi connectivity index (χ2v) is 5.72. The van der Waals surface area contributed by atoms with Gasteiger partial charge in [-0.3, -0.25) is 9.59 Å². The minimum Gasteiger partial charge on any atom is -0.489 e. The van der Waals surface area contributed by atoms with Crippen molar-refractivity contribution in [2.45, 2.75) is 6.61 Å². The zero-order valence-electron chi connectivity index (χ0n) is 12.7. The number of rotatable bonds is 7. The van der Waals surface area contributed by atoms with E-state index in [-0.39, 0.29) is 5.91 Å². The first-order chi connectivity index (χ1) is 11.1. The van der Waals surface area contributed by atoms with Crippen molar-refractivity contribution < 1.29 is 14.3 Å². The first-order valence-corrected chi connectivity index (χ1v) is 8.38. The summed E-state index contributed by atoms with van der Waals surface area (Å²) in [6.45, 7) is 0.386. The molecule has 0 unspecified atom stereocenters. The van der Waals surface area contributed by atoms with Crippen LogP contribution in [0.1, 0.15) is 15.9 Å². The van der Waals surface area contributed by atoms with Crippen LogP contribution in [0.5, 0.6) is 5.75 Å². The van der Waals surface area contributed by atoms with Crippen molar-refractivity contribution in [1.82, 2.24) is 0 Å². The van der Waals surface area contributed by atoms with Gasteiger partial charge in [-0.05, 0) is 48.2 Å². The summed E-state index contributed by atoms with van der Waals surface area (Å²) in [4.78, 5) is 22.5. The molecule has 2 aromatic carbocycles. The van der Waals surface area contributed by atoms with Crippen molar-refractivity contribution in [1.29, 1.82) is 0 Å². The quantitative estimate of drug-likeness (QED) is 0.818. The largest absolute Gasteiger partial charge is 0.489 e. The molecule has 120 valence electrons. The Balaban J connectivity index is 1.88. The van der Waals surface area contributed by atoms with E-state index < -0.39 is 5.91 Å². The summed E-state index contributed by atoms with van der Waals surface area (Å²) >= 11 is 1.47. The fraction of sp³-hybridized carbons (Fsp3) is 0.176. The van der Waals surface area contributed by atoms with Gasteiger partial charge in [0.25, 0.3) is 0 Å². The zero-order chi connectivity index (χ0) is 16.7. The van der Waals surface area contributed by atoms with Crippen LogP contribution in [0.2, 0.25) is 0 Å². The molecule has 6 heteroatoms. The average Bonchev–Trinajstić information content (AvgIpc) is 2.55. The third kappa shape index (κ3) is 5.34. The first-order valence-electron chi connectivity index (χ1n) is 6.99. The maximum Gasteiger partial charge on any atom is 0.248 e. The molecule has 2 amide bonds. The first kappa shape index (κ1) is 16.9. The van der Waals surface area contributed by atoms with Crippen LogP contribution in [-0.2, 0) is 11.4 Å². The van der Waals surface area contributed by atoms with Gasteiger partial charge in [0, 0.05) is 11.3 Å². The lowest BCUT2D eigenvalue weighted by molar-refractivity contribution is -0.113. The van der Waals surface area contributed by atoms with Gasteiger partial charge in [-0.25, -0.2) is 0 Å². The lowest BCUT2D eigenvalue weighted by Gasteiger charge is -2.08. The molecule has 2 rings (SSSR count). The number of primary amides is 1. The molecule has 0 bridgehead atoms. The summed E-state index contributed by atoms with van der Waals surface area (Å²) in [7, 11) is 0. The molecule has 0 aliphatic heterocycles. The summed E-state index contributed by atoms with van der Waals surface area (Å²) in [6, 6.07) is 14.1. The van der Waals surface area contributed by atoms with Crippen LogP contribution in [-0.4, -0.2) is 23.8 Å². The van der Waals surface area contributed by atoms with Crippen molar-refractivity contribution >= 4 is 29.3 Å². The number of hydrogen-bond donors (Lipinski definition) is 2. The molecule has 0 saturated carbocycles. The Bertz CT molecular complexity index is 669. The van der Waals surface area contributed by atoms with Crippen LogP contribution >= 0.6 is 11.8 Å². The second-order valence-electron chi connectivity index (χ2n) is 4.86. The molecule has 3 N–H and O–H groups in total. The molecule has 2 aromatic rings. The molecule has 23 heavy (non-hydrogen) atoms. The maximum atomic E-state index is 11.5. The minimum atomic E-state index is -0.448. The molecular formula is C17H18N2O3S. The Morgan fingerprint density at radius 2 is 1.74 bits per heavy atom. The van der Waals surface area contributed by atoms with Crippen LogP contribution < -0.4 is 15.8 Å². The van der Waals surface area contributed by atoms with E-state index >= 15 is 0 Å². The van der Waals surface area contributed by atoms with Gasteiger partial charge in [0.1, 0.15) is 12.4 Å². The number of amides is 2. The fourth-order valence-corrected chi connectivity index (χ4v) is 2.23. The molecule has 0 saturated heterocycles. The Morgan fingerprint density at radius 3 is 2.30 bits per heavy atom. The lowest BCUT2D eigenvalue weighted by Crippen LogP contribution is -2.13. The third-order valence-electron chi connectivity index (χ3n) is 3.06. The van der Waals surface area contributed by atoms with Crippen LogP contribution in [0.3, 0.4) is 0 Å². The number of nitrogens with one attached hydrogen (secondary N) is 1. The number of ether oxygens (including phenoxy) is 1. The molecule has 0 heterocycles. The van der Waals surface area contributed by atoms with E-state index in [9.17, 15) is 9.59 Å². The minimum absolute atomic E-state index is 0.0271. The molecule has 0 aliphatic rings. The van der Waals surface area contributed by atoms with Crippen LogP contribution in [0.15, 0.2) is 48.5 Å². The highest BCUT2D eigenvalue weighted by Crippen LogP contribution is 2.17. The molecule has 0 aromatic heterocycles. The van der Waals surface area contributed by atoms with E-state index in [4.69, 9.17) is 10.5 Å². The Hall–Kier alpha value is -2.47. The number of thioether (sulfide) groups is 1. The fourth-order valence-electron chi connectivity index (χ4n) is 1.89. The smallest absolute Gasteiger partial charge is 0.248 e. The monoisotopic (exact) mass is 330 g/mol. The van der Waals surface area contributed by atoms with E-state index in [1.807, 2.05) is 6.26 Å². The van der Waals surface area contributed by atoms with Crippen LogP contribution in [0.4, 0.5) is 5.69 Å². The SMILES string of the molecule is CSCC(=O)Nc1ccc(OCc2ccc(C(N)=O)cc2)cc1. The zero-order valence-corrected chi connectivity index (χ0v) is 13.6. The summed E-state index contributed by atoms with van der Waals surface area (Å²) in [6.07, 6.45) is 1.88. The Kier molecular flexibility index (Phi) is 6.05. The van der Waals surface area contributed by atoms with Crippen molar-refractivity contribution in [3.8, 4) is 5.75 Å². The van der Waals surface area contributed by atoms with Crippen LogP contribution in [0, 0.1) is 0 Å². The van der Waals surface area contributed by atoms with E-state index in [0.717, 1.165) is 11.3 Å². The molecule has 0 spiro atoms. The number of carbonyl (C=O) groups excluding carboxylic acids is 2. The van der Waals surface area contributed by atoms with Gasteiger partial charge < -0.3 is 15.8 Å². The molecule has 0 radical (unpaired) electrons. The molecule has 0 atom stereocenters. The number of benzene rings is 2. The van der Waals surface area contributed by atoms with Gasteiger partial charge in [0.05, 0.1) is 5.75 Å². The van der Waals surface area contributed by atoms with Gasteiger partial charge >= 0.3 is 0 Å². The van der Waals surface area contributed by atoms with E-state index in [2.05, 4.69) is 5.32 Å². The van der Waals surface area contributed by atoms with Crippen molar-refractivity contribution in [3.05, 3.63) is 59.7 Å². The summed E-state index contributed by atoms with van der Waals surface area (Å²) in [5.74, 6) is 0.656. The Labute approximate surface area is 139 Å². The number of anilines is 1. The highest BCUT2D eigenvalue weighted by Gasteiger charge is 2.03. The van der Waals surface area contributed by atoms with Gasteiger partial charge in [0.15, 0.2) is 0 Å². The standard InChI is InChI=1S/C17H18N2O3S/c1-23-11-16(20)19-14-6-8-15(9-7-14)22-10-12-2-4-13(5-3-12)17(18)21/h2-9H,10-11H2,1H3,(H2,18,21)(H,19,20). The van der Waals surface area contributed by atoms with Gasteiger partial charge in [0.2, 0.25) is 11.8 Å². The summed E-state index contributed by atoms with van der Waals surface area (Å²) in [5, 5.41) is 2.80. The number of nitrogens with two attached hydrogens (primary N) is 1. The molecule has 0 aliphatic carbocycles. The highest BCUT2D eigenvalue weighted by molar-refractivity contribution is 7.99. The Morgan fingerprint density at radius 1 is 1.09 bits per heavy atom. The van der Waals surface area contributed by atoms with Crippen molar-refractivity contribution in [2.75, 3.05) is 17.3 Å². The summed E-state index contributed by atoms with van der Waals surface area (Å²) in [5.41, 5.74) is 7.34. The predicted molar refractivity (Wildman–Crippen MR) is 92.7 cm³/mol. The second kappa shape index (κ2) is 8.24. The van der Waals surface area contributed by atoms with E-state index in [1.54, 1.807) is 48.5 Å². The van der Waals surface area contributed by atoms with Crippen LogP contribution in [0.25, 0.3) is 0 Å². The lowest BCUT2D eigenvalue weighted by atomic mass is 10.1. The number of hydrogen-bond acceptors (Lipinski definition) is 4. The van der Waals surface area contributed by atoms with Crippen molar-refractivity contribution in [2.24, 2.45) is 5.73 Å². The summed E-state index contributed by atoms with van der Waals surface area (Å²) < 4.78 is 5.67. The van der Waals surface area contributed by atoms with E-state index in [1.165, 1.54) is 11.8 Å². The van der Waals surface area contributed by atoms with Crippen molar-refractivity contribution in [3.63, 3.8) is 0 Å². The molecular weight excluding hydrogens is 312 g/mol. The average molecular weight is 330 g/mol. The molecule has 5 nitrogen and oxygen atoms in total. The predicted octanol–water partition coefficient (Wildman–Crippen LogP) is 2.67. The topological polar surface area (TPSA) is 81.4 Å². The van der Waals surface area contributed by atoms with Gasteiger partial charge in [-0.2, -0.15) is 11.8 Å². The van der Waals surface area contributed by atoms with Gasteiger partial charge in [-0.15, -0.1) is 0 Å².